The second-order valence-corrected chi connectivity index (χ2v) is 5.76. The van der Waals surface area contributed by atoms with Crippen LogP contribution in [0, 0.1) is 0 Å². The Morgan fingerprint density at radius 1 is 1.03 bits per heavy atom. The van der Waals surface area contributed by atoms with Gasteiger partial charge in [-0.3, -0.25) is 4.79 Å². The maximum atomic E-state index is 12.7. The average molecular weight is 402 g/mol. The van der Waals surface area contributed by atoms with Gasteiger partial charge in [-0.05, 0) is 23.2 Å². The number of phenols is 1. The molecule has 10 heteroatoms. The summed E-state index contributed by atoms with van der Waals surface area (Å²) in [6, 6.07) is 8.02. The molecule has 1 N–H and O–H groups in total. The predicted molar refractivity (Wildman–Crippen MR) is 106 cm³/mol. The minimum absolute atomic E-state index is 0.0580. The van der Waals surface area contributed by atoms with Crippen LogP contribution >= 0.6 is 0 Å². The molecule has 0 aliphatic heterocycles. The van der Waals surface area contributed by atoms with Gasteiger partial charge in [0, 0.05) is 17.0 Å². The molecular formula is C19H22N4O6. The Labute approximate surface area is 167 Å². The standard InChI is InChI=1S/C19H22N4O6/c1-26-15-6-5-12(7-14(15)24)11-23(18(25)10-21-22-20)13-8-16(27-2)19(29-4)17(9-13)28-3/h5-9,24H,10-11H2,1-4H3. The lowest BCUT2D eigenvalue weighted by atomic mass is 10.1. The summed E-state index contributed by atoms with van der Waals surface area (Å²) >= 11 is 0. The van der Waals surface area contributed by atoms with E-state index in [0.29, 0.717) is 34.2 Å². The second kappa shape index (κ2) is 9.95. The van der Waals surface area contributed by atoms with E-state index in [1.165, 1.54) is 39.4 Å². The molecular weight excluding hydrogens is 380 g/mol. The first kappa shape index (κ1) is 21.5. The van der Waals surface area contributed by atoms with E-state index in [1.54, 1.807) is 24.3 Å². The molecule has 0 aliphatic carbocycles. The third-order valence-corrected chi connectivity index (χ3v) is 4.12. The van der Waals surface area contributed by atoms with Crippen LogP contribution in [-0.4, -0.2) is 46.0 Å². The van der Waals surface area contributed by atoms with Crippen molar-refractivity contribution in [3.8, 4) is 28.7 Å². The number of nitrogens with zero attached hydrogens (tertiary/aromatic N) is 4. The molecule has 0 saturated heterocycles. The summed E-state index contributed by atoms with van der Waals surface area (Å²) in [4.78, 5) is 16.8. The number of anilines is 1. The number of ether oxygens (including phenoxy) is 4. The molecule has 154 valence electrons. The smallest absolute Gasteiger partial charge is 0.233 e. The van der Waals surface area contributed by atoms with E-state index >= 15 is 0 Å². The summed E-state index contributed by atoms with van der Waals surface area (Å²) in [6.07, 6.45) is 0. The largest absolute Gasteiger partial charge is 0.504 e. The van der Waals surface area contributed by atoms with Crippen molar-refractivity contribution in [2.45, 2.75) is 6.54 Å². The van der Waals surface area contributed by atoms with E-state index in [0.717, 1.165) is 0 Å². The number of benzene rings is 2. The molecule has 29 heavy (non-hydrogen) atoms. The van der Waals surface area contributed by atoms with Crippen LogP contribution in [-0.2, 0) is 11.3 Å². The molecule has 0 aliphatic rings. The van der Waals surface area contributed by atoms with Gasteiger partial charge in [0.05, 0.1) is 40.7 Å². The van der Waals surface area contributed by atoms with Crippen LogP contribution in [0.3, 0.4) is 0 Å². The fraction of sp³-hybridized carbons (Fsp3) is 0.316. The first-order chi connectivity index (χ1) is 14.0. The molecule has 0 heterocycles. The number of carbonyl (C=O) groups is 1. The molecule has 0 atom stereocenters. The lowest BCUT2D eigenvalue weighted by Gasteiger charge is -2.24. The lowest BCUT2D eigenvalue weighted by molar-refractivity contribution is -0.117. The van der Waals surface area contributed by atoms with E-state index in [9.17, 15) is 9.90 Å². The van der Waals surface area contributed by atoms with Crippen molar-refractivity contribution >= 4 is 11.6 Å². The molecule has 2 aromatic rings. The van der Waals surface area contributed by atoms with Crippen LogP contribution < -0.4 is 23.8 Å². The summed E-state index contributed by atoms with van der Waals surface area (Å²) in [5, 5.41) is 13.4. The molecule has 0 spiro atoms. The van der Waals surface area contributed by atoms with E-state index < -0.39 is 5.91 Å². The number of methoxy groups -OCH3 is 4. The minimum atomic E-state index is -0.451. The number of phenolic OH excluding ortho intramolecular Hbond substituents is 1. The van der Waals surface area contributed by atoms with Crippen LogP contribution in [0.5, 0.6) is 28.7 Å². The Kier molecular flexibility index (Phi) is 7.39. The van der Waals surface area contributed by atoms with E-state index in [2.05, 4.69) is 10.0 Å². The Morgan fingerprint density at radius 3 is 2.14 bits per heavy atom. The summed E-state index contributed by atoms with van der Waals surface area (Å²) in [5.41, 5.74) is 9.64. The molecule has 2 aromatic carbocycles. The number of hydrogen-bond donors (Lipinski definition) is 1. The second-order valence-electron chi connectivity index (χ2n) is 5.76. The van der Waals surface area contributed by atoms with Crippen LogP contribution in [0.2, 0.25) is 0 Å². The zero-order valence-electron chi connectivity index (χ0n) is 16.6. The molecule has 0 unspecified atom stereocenters. The van der Waals surface area contributed by atoms with Gasteiger partial charge in [-0.2, -0.15) is 0 Å². The van der Waals surface area contributed by atoms with Gasteiger partial charge < -0.3 is 29.0 Å². The van der Waals surface area contributed by atoms with Crippen molar-refractivity contribution in [3.05, 3.63) is 46.3 Å². The molecule has 2 rings (SSSR count). The lowest BCUT2D eigenvalue weighted by Crippen LogP contribution is -2.32. The Morgan fingerprint density at radius 2 is 1.66 bits per heavy atom. The van der Waals surface area contributed by atoms with Gasteiger partial charge in [0.2, 0.25) is 11.7 Å². The van der Waals surface area contributed by atoms with Crippen molar-refractivity contribution in [1.29, 1.82) is 0 Å². The van der Waals surface area contributed by atoms with Crippen molar-refractivity contribution in [2.24, 2.45) is 5.11 Å². The monoisotopic (exact) mass is 402 g/mol. The zero-order valence-corrected chi connectivity index (χ0v) is 16.6. The van der Waals surface area contributed by atoms with Crippen LogP contribution in [0.1, 0.15) is 5.56 Å². The summed E-state index contributed by atoms with van der Waals surface area (Å²) < 4.78 is 21.1. The van der Waals surface area contributed by atoms with E-state index in [4.69, 9.17) is 24.5 Å². The fourth-order valence-corrected chi connectivity index (χ4v) is 2.74. The van der Waals surface area contributed by atoms with Gasteiger partial charge in [-0.1, -0.05) is 11.2 Å². The summed E-state index contributed by atoms with van der Waals surface area (Å²) in [5.74, 6) is 0.906. The number of hydrogen-bond acceptors (Lipinski definition) is 7. The van der Waals surface area contributed by atoms with Crippen LogP contribution in [0.25, 0.3) is 10.4 Å². The molecule has 0 radical (unpaired) electrons. The minimum Gasteiger partial charge on any atom is -0.504 e. The number of aromatic hydroxyl groups is 1. The quantitative estimate of drug-likeness (QED) is 0.390. The molecule has 0 aromatic heterocycles. The Hall–Kier alpha value is -3.78. The van der Waals surface area contributed by atoms with Crippen LogP contribution in [0.15, 0.2) is 35.4 Å². The first-order valence-electron chi connectivity index (χ1n) is 8.46. The maximum Gasteiger partial charge on any atom is 0.233 e. The van der Waals surface area contributed by atoms with Crippen molar-refractivity contribution in [3.63, 3.8) is 0 Å². The van der Waals surface area contributed by atoms with Gasteiger partial charge in [0.1, 0.15) is 6.54 Å². The van der Waals surface area contributed by atoms with Crippen molar-refractivity contribution in [1.82, 2.24) is 0 Å². The van der Waals surface area contributed by atoms with Crippen LogP contribution in [0.4, 0.5) is 5.69 Å². The number of amides is 1. The highest BCUT2D eigenvalue weighted by atomic mass is 16.5. The number of carbonyl (C=O) groups excluding carboxylic acids is 1. The molecule has 1 amide bonds. The van der Waals surface area contributed by atoms with Gasteiger partial charge in [-0.25, -0.2) is 0 Å². The third kappa shape index (κ3) is 4.94. The summed E-state index contributed by atoms with van der Waals surface area (Å²) in [6.45, 7) is -0.286. The number of rotatable bonds is 9. The topological polar surface area (TPSA) is 126 Å². The first-order valence-corrected chi connectivity index (χ1v) is 8.46. The van der Waals surface area contributed by atoms with E-state index in [-0.39, 0.29) is 18.8 Å². The van der Waals surface area contributed by atoms with E-state index in [1.807, 2.05) is 0 Å². The molecule has 10 nitrogen and oxygen atoms in total. The Bertz CT molecular complexity index is 902. The molecule has 0 saturated carbocycles. The highest BCUT2D eigenvalue weighted by molar-refractivity contribution is 5.95. The maximum absolute atomic E-state index is 12.7. The highest BCUT2D eigenvalue weighted by Gasteiger charge is 2.21. The highest BCUT2D eigenvalue weighted by Crippen LogP contribution is 2.41. The zero-order chi connectivity index (χ0) is 21.4. The Balaban J connectivity index is 2.52. The SMILES string of the molecule is COc1ccc(CN(C(=O)CN=[N+]=[N-])c2cc(OC)c(OC)c(OC)c2)cc1O. The van der Waals surface area contributed by atoms with Gasteiger partial charge >= 0.3 is 0 Å². The summed E-state index contributed by atoms with van der Waals surface area (Å²) in [7, 11) is 5.86. The third-order valence-electron chi connectivity index (χ3n) is 4.12. The predicted octanol–water partition coefficient (Wildman–Crippen LogP) is 3.27. The molecule has 0 fully saturated rings. The molecule has 0 bridgehead atoms. The average Bonchev–Trinajstić information content (AvgIpc) is 2.74. The fourth-order valence-electron chi connectivity index (χ4n) is 2.74. The number of azide groups is 1. The van der Waals surface area contributed by atoms with Crippen molar-refractivity contribution in [2.75, 3.05) is 39.9 Å². The van der Waals surface area contributed by atoms with Gasteiger partial charge in [-0.15, -0.1) is 0 Å². The van der Waals surface area contributed by atoms with Gasteiger partial charge in [0.15, 0.2) is 23.0 Å². The van der Waals surface area contributed by atoms with Crippen molar-refractivity contribution < 1.29 is 28.8 Å². The normalized spacial score (nSPS) is 9.93. The van der Waals surface area contributed by atoms with Gasteiger partial charge in [0.25, 0.3) is 0 Å².